The Morgan fingerprint density at radius 1 is 1.26 bits per heavy atom. The maximum atomic E-state index is 11.5. The van der Waals surface area contributed by atoms with Crippen molar-refractivity contribution in [1.82, 2.24) is 4.98 Å². The largest absolute Gasteiger partial charge is 0.465 e. The molecule has 0 fully saturated rings. The van der Waals surface area contributed by atoms with Gasteiger partial charge in [0.25, 0.3) is 0 Å². The maximum absolute atomic E-state index is 11.5. The topological polar surface area (TPSA) is 108 Å². The Labute approximate surface area is 159 Å². The number of aromatic nitrogens is 1. The van der Waals surface area contributed by atoms with Gasteiger partial charge in [0.15, 0.2) is 5.03 Å². The van der Waals surface area contributed by atoms with Crippen LogP contribution in [0.3, 0.4) is 0 Å². The van der Waals surface area contributed by atoms with Gasteiger partial charge in [-0.15, -0.1) is 0 Å². The second-order valence-corrected chi connectivity index (χ2v) is 6.61. The van der Waals surface area contributed by atoms with Crippen LogP contribution in [-0.2, 0) is 9.53 Å². The number of carbonyl (C=O) groups is 1. The molecule has 27 heavy (non-hydrogen) atoms. The van der Waals surface area contributed by atoms with Crippen molar-refractivity contribution in [2.45, 2.75) is 11.9 Å². The van der Waals surface area contributed by atoms with Gasteiger partial charge in [-0.05, 0) is 23.9 Å². The summed E-state index contributed by atoms with van der Waals surface area (Å²) >= 11 is 0.986. The average molecular weight is 383 g/mol. The van der Waals surface area contributed by atoms with E-state index >= 15 is 0 Å². The highest BCUT2D eigenvalue weighted by Crippen LogP contribution is 2.35. The third kappa shape index (κ3) is 4.01. The number of esters is 1. The zero-order chi connectivity index (χ0) is 19.4. The molecule has 0 saturated carbocycles. The van der Waals surface area contributed by atoms with Crippen molar-refractivity contribution in [3.63, 3.8) is 0 Å². The maximum Gasteiger partial charge on any atom is 0.316 e. The normalized spacial score (nSPS) is 10.7. The molecule has 3 aromatic rings. The minimum Gasteiger partial charge on any atom is -0.465 e. The molecular formula is C19H17N3O4S. The summed E-state index contributed by atoms with van der Waals surface area (Å²) in [5, 5.41) is 13.4. The van der Waals surface area contributed by atoms with Crippen LogP contribution >= 0.6 is 11.8 Å². The van der Waals surface area contributed by atoms with Gasteiger partial charge < -0.3 is 10.5 Å². The van der Waals surface area contributed by atoms with E-state index in [1.165, 1.54) is 6.07 Å². The molecule has 0 spiro atoms. The zero-order valence-electron chi connectivity index (χ0n) is 14.5. The summed E-state index contributed by atoms with van der Waals surface area (Å²) in [6.07, 6.45) is 1.57. The molecule has 0 aliphatic rings. The van der Waals surface area contributed by atoms with E-state index in [4.69, 9.17) is 10.5 Å². The molecule has 0 unspecified atom stereocenters. The Morgan fingerprint density at radius 3 is 2.70 bits per heavy atom. The molecule has 0 aliphatic carbocycles. The first-order valence-electron chi connectivity index (χ1n) is 8.21. The Balaban J connectivity index is 2.01. The van der Waals surface area contributed by atoms with Crippen molar-refractivity contribution in [2.75, 3.05) is 18.1 Å². The lowest BCUT2D eigenvalue weighted by Crippen LogP contribution is -2.07. The average Bonchev–Trinajstić information content (AvgIpc) is 2.67. The monoisotopic (exact) mass is 383 g/mol. The number of rotatable bonds is 6. The summed E-state index contributed by atoms with van der Waals surface area (Å²) in [4.78, 5) is 26.7. The fourth-order valence-electron chi connectivity index (χ4n) is 2.73. The number of thioether (sulfide) groups is 1. The quantitative estimate of drug-likeness (QED) is 0.225. The number of fused-ring (bicyclic) bond motifs is 1. The lowest BCUT2D eigenvalue weighted by Gasteiger charge is -2.10. The number of hydrogen-bond acceptors (Lipinski definition) is 7. The van der Waals surface area contributed by atoms with Gasteiger partial charge in [0, 0.05) is 28.9 Å². The summed E-state index contributed by atoms with van der Waals surface area (Å²) < 4.78 is 4.85. The van der Waals surface area contributed by atoms with E-state index in [2.05, 4.69) is 4.98 Å². The molecule has 0 amide bonds. The van der Waals surface area contributed by atoms with Gasteiger partial charge in [-0.25, -0.2) is 4.98 Å². The van der Waals surface area contributed by atoms with E-state index in [9.17, 15) is 14.9 Å². The van der Waals surface area contributed by atoms with Crippen LogP contribution in [0.5, 0.6) is 0 Å². The fraction of sp³-hybridized carbons (Fsp3) is 0.158. The second kappa shape index (κ2) is 8.05. The summed E-state index contributed by atoms with van der Waals surface area (Å²) in [5.74, 6) is -0.474. The molecular weight excluding hydrogens is 366 g/mol. The van der Waals surface area contributed by atoms with Crippen LogP contribution in [0, 0.1) is 10.1 Å². The SMILES string of the molecule is CCOC(=O)CSc1ncc(-c2ccc(N)c3ccccc23)cc1[N+](=O)[O-]. The van der Waals surface area contributed by atoms with Gasteiger partial charge in [0.2, 0.25) is 0 Å². The van der Waals surface area contributed by atoms with E-state index < -0.39 is 10.9 Å². The Bertz CT molecular complexity index is 1020. The molecule has 0 radical (unpaired) electrons. The van der Waals surface area contributed by atoms with Crippen LogP contribution in [0.4, 0.5) is 11.4 Å². The molecule has 2 N–H and O–H groups in total. The van der Waals surface area contributed by atoms with Crippen molar-refractivity contribution in [3.05, 3.63) is 58.8 Å². The number of nitro groups is 1. The Morgan fingerprint density at radius 2 is 2.00 bits per heavy atom. The lowest BCUT2D eigenvalue weighted by atomic mass is 9.98. The van der Waals surface area contributed by atoms with Crippen LogP contribution < -0.4 is 5.73 Å². The first kappa shape index (κ1) is 18.7. The molecule has 3 rings (SSSR count). The van der Waals surface area contributed by atoms with Crippen molar-refractivity contribution in [1.29, 1.82) is 0 Å². The van der Waals surface area contributed by atoms with Gasteiger partial charge in [-0.1, -0.05) is 42.1 Å². The molecule has 138 valence electrons. The number of pyridine rings is 1. The number of nitrogens with two attached hydrogens (primary N) is 1. The summed E-state index contributed by atoms with van der Waals surface area (Å²) in [6.45, 7) is 1.97. The van der Waals surface area contributed by atoms with Gasteiger partial charge in [0.1, 0.15) is 0 Å². The molecule has 8 heteroatoms. The molecule has 1 aromatic heterocycles. The molecule has 2 aromatic carbocycles. The van der Waals surface area contributed by atoms with Gasteiger partial charge in [-0.2, -0.15) is 0 Å². The van der Waals surface area contributed by atoms with Gasteiger partial charge >= 0.3 is 11.7 Å². The smallest absolute Gasteiger partial charge is 0.316 e. The first-order valence-corrected chi connectivity index (χ1v) is 9.20. The minimum atomic E-state index is -0.497. The molecule has 0 atom stereocenters. The predicted molar refractivity (Wildman–Crippen MR) is 106 cm³/mol. The number of hydrogen-bond donors (Lipinski definition) is 1. The van der Waals surface area contributed by atoms with E-state index in [0.29, 0.717) is 11.3 Å². The summed E-state index contributed by atoms with van der Waals surface area (Å²) in [6, 6.07) is 12.7. The lowest BCUT2D eigenvalue weighted by molar-refractivity contribution is -0.388. The highest BCUT2D eigenvalue weighted by molar-refractivity contribution is 8.00. The molecule has 0 aliphatic heterocycles. The number of ether oxygens (including phenoxy) is 1. The number of nitrogen functional groups attached to an aromatic ring is 1. The van der Waals surface area contributed by atoms with Crippen LogP contribution in [0.15, 0.2) is 53.7 Å². The summed E-state index contributed by atoms with van der Waals surface area (Å²) in [7, 11) is 0. The van der Waals surface area contributed by atoms with Crippen LogP contribution in [0.2, 0.25) is 0 Å². The highest BCUT2D eigenvalue weighted by Gasteiger charge is 2.19. The molecule has 1 heterocycles. The van der Waals surface area contributed by atoms with Gasteiger partial charge in [-0.3, -0.25) is 14.9 Å². The highest BCUT2D eigenvalue weighted by atomic mass is 32.2. The summed E-state index contributed by atoms with van der Waals surface area (Å²) in [5.41, 5.74) is 7.93. The van der Waals surface area contributed by atoms with Crippen LogP contribution in [0.1, 0.15) is 6.92 Å². The first-order chi connectivity index (χ1) is 13.0. The van der Waals surface area contributed by atoms with Gasteiger partial charge in [0.05, 0.1) is 17.3 Å². The fourth-order valence-corrected chi connectivity index (χ4v) is 3.48. The number of nitrogens with zero attached hydrogens (tertiary/aromatic N) is 2. The van der Waals surface area contributed by atoms with Crippen molar-refractivity contribution >= 4 is 39.9 Å². The molecule has 0 bridgehead atoms. The number of anilines is 1. The van der Waals surface area contributed by atoms with E-state index in [1.54, 1.807) is 19.2 Å². The molecule has 0 saturated heterocycles. The third-order valence-electron chi connectivity index (χ3n) is 3.93. The number of carbonyl (C=O) groups excluding carboxylic acids is 1. The predicted octanol–water partition coefficient (Wildman–Crippen LogP) is 4.05. The number of benzene rings is 2. The Hall–Kier alpha value is -3.13. The van der Waals surface area contributed by atoms with Crippen molar-refractivity contribution in [2.24, 2.45) is 0 Å². The zero-order valence-corrected chi connectivity index (χ0v) is 15.4. The van der Waals surface area contributed by atoms with Crippen molar-refractivity contribution < 1.29 is 14.5 Å². The van der Waals surface area contributed by atoms with E-state index in [1.807, 2.05) is 30.3 Å². The van der Waals surface area contributed by atoms with Crippen LogP contribution in [-0.4, -0.2) is 28.2 Å². The van der Waals surface area contributed by atoms with Crippen LogP contribution in [0.25, 0.3) is 21.9 Å². The molecule has 7 nitrogen and oxygen atoms in total. The third-order valence-corrected chi connectivity index (χ3v) is 4.90. The Kier molecular flexibility index (Phi) is 5.56. The van der Waals surface area contributed by atoms with E-state index in [-0.39, 0.29) is 23.1 Å². The van der Waals surface area contributed by atoms with E-state index in [0.717, 1.165) is 28.1 Å². The minimum absolute atomic E-state index is 0.0359. The second-order valence-electron chi connectivity index (χ2n) is 5.65. The van der Waals surface area contributed by atoms with Crippen molar-refractivity contribution in [3.8, 4) is 11.1 Å². The standard InChI is InChI=1S/C19H17N3O4S/c1-2-26-18(23)11-27-19-17(22(24)25)9-12(10-21-19)13-7-8-16(20)15-6-4-3-5-14(13)15/h3-10H,2,11,20H2,1H3.